The maximum atomic E-state index is 13.6. The predicted octanol–water partition coefficient (Wildman–Crippen LogP) is 4.49. The summed E-state index contributed by atoms with van der Waals surface area (Å²) in [7, 11) is 2.19. The highest BCUT2D eigenvalue weighted by atomic mass is 35.5. The van der Waals surface area contributed by atoms with Crippen molar-refractivity contribution in [3.8, 4) is 5.88 Å². The van der Waals surface area contributed by atoms with Crippen LogP contribution in [0.2, 0.25) is 0 Å². The van der Waals surface area contributed by atoms with Gasteiger partial charge in [0, 0.05) is 38.8 Å². The van der Waals surface area contributed by atoms with E-state index in [-0.39, 0.29) is 30.7 Å². The molecule has 7 rings (SSSR count). The number of hydrogen-bond donors (Lipinski definition) is 1. The fourth-order valence-electron chi connectivity index (χ4n) is 8.09. The number of likely N-dealkylation sites (N-methyl/N-ethyl adjacent to an activating group) is 1. The van der Waals surface area contributed by atoms with E-state index in [1.807, 2.05) is 4.68 Å². The number of rotatable bonds is 8. The van der Waals surface area contributed by atoms with Gasteiger partial charge in [-0.1, -0.05) is 19.3 Å². The lowest BCUT2D eigenvalue weighted by atomic mass is 9.54. The Kier molecular flexibility index (Phi) is 10.1. The molecule has 1 N–H and O–H groups in total. The third kappa shape index (κ3) is 6.59. The number of piperazine rings is 1. The molecule has 6 fully saturated rings. The van der Waals surface area contributed by atoms with Crippen LogP contribution < -0.4 is 10.1 Å². The molecule has 0 aromatic carbocycles. The number of amides is 1. The van der Waals surface area contributed by atoms with Crippen molar-refractivity contribution in [3.63, 3.8) is 0 Å². The second-order valence-corrected chi connectivity index (χ2v) is 12.5. The average molecular weight is 557 g/mol. The smallest absolute Gasteiger partial charge is 0.258 e. The highest BCUT2D eigenvalue weighted by Gasteiger charge is 2.48. The third-order valence-corrected chi connectivity index (χ3v) is 9.96. The van der Waals surface area contributed by atoms with Crippen molar-refractivity contribution in [2.75, 3.05) is 46.4 Å². The highest BCUT2D eigenvalue weighted by molar-refractivity contribution is 5.96. The van der Waals surface area contributed by atoms with Crippen molar-refractivity contribution in [2.24, 2.45) is 29.6 Å². The number of aromatic nitrogens is 2. The lowest BCUT2D eigenvalue weighted by Gasteiger charge is -2.54. The maximum Gasteiger partial charge on any atom is 0.258 e. The molecule has 0 radical (unpaired) electrons. The molecule has 9 heteroatoms. The summed E-state index contributed by atoms with van der Waals surface area (Å²) in [5, 5.41) is 8.17. The first-order valence-electron chi connectivity index (χ1n) is 14.5. The topological polar surface area (TPSA) is 62.6 Å². The molecule has 7 nitrogen and oxygen atoms in total. The summed E-state index contributed by atoms with van der Waals surface area (Å²) in [6.45, 7) is 6.84. The van der Waals surface area contributed by atoms with Gasteiger partial charge in [-0.2, -0.15) is 5.10 Å². The molecule has 210 valence electrons. The van der Waals surface area contributed by atoms with E-state index in [1.54, 1.807) is 6.20 Å². The van der Waals surface area contributed by atoms with Gasteiger partial charge in [0.1, 0.15) is 5.56 Å². The zero-order valence-electron chi connectivity index (χ0n) is 22.5. The number of nitrogens with zero attached hydrogens (tertiary/aromatic N) is 4. The van der Waals surface area contributed by atoms with Crippen LogP contribution in [0.5, 0.6) is 5.88 Å². The van der Waals surface area contributed by atoms with Crippen LogP contribution in [0.15, 0.2) is 6.20 Å². The molecule has 6 aliphatic rings. The Bertz CT molecular complexity index is 854. The number of carbonyl (C=O) groups excluding carboxylic acids is 1. The molecule has 1 aromatic heterocycles. The molecule has 37 heavy (non-hydrogen) atoms. The molecule has 1 aliphatic heterocycles. The molecule has 1 saturated heterocycles. The summed E-state index contributed by atoms with van der Waals surface area (Å²) in [4.78, 5) is 18.5. The molecule has 5 aliphatic carbocycles. The second kappa shape index (κ2) is 12.9. The van der Waals surface area contributed by atoms with Crippen molar-refractivity contribution < 1.29 is 9.53 Å². The summed E-state index contributed by atoms with van der Waals surface area (Å²) in [5.41, 5.74) is 0.646. The SMILES string of the molecule is CN1CCN(CCn2ncc(C(=O)NC3C4CC5CC(C4)CC3C5)c2OCC2CCCCC2)CC1.Cl.Cl. The van der Waals surface area contributed by atoms with E-state index in [0.717, 1.165) is 51.1 Å². The van der Waals surface area contributed by atoms with Crippen LogP contribution in [-0.2, 0) is 6.54 Å². The Hall–Kier alpha value is -1.02. The number of ether oxygens (including phenoxy) is 1. The monoisotopic (exact) mass is 555 g/mol. The van der Waals surface area contributed by atoms with Crippen molar-refractivity contribution in [1.29, 1.82) is 0 Å². The lowest BCUT2D eigenvalue weighted by Crippen LogP contribution is -2.55. The largest absolute Gasteiger partial charge is 0.477 e. The van der Waals surface area contributed by atoms with Crippen LogP contribution in [0.3, 0.4) is 0 Å². The van der Waals surface area contributed by atoms with Crippen molar-refractivity contribution >= 4 is 30.7 Å². The number of nitrogens with one attached hydrogen (secondary N) is 1. The van der Waals surface area contributed by atoms with Crippen LogP contribution in [0, 0.1) is 29.6 Å². The minimum absolute atomic E-state index is 0. The van der Waals surface area contributed by atoms with Gasteiger partial charge < -0.3 is 15.0 Å². The van der Waals surface area contributed by atoms with Gasteiger partial charge in [-0.05, 0) is 81.6 Å². The van der Waals surface area contributed by atoms with Gasteiger partial charge in [0.15, 0.2) is 0 Å². The van der Waals surface area contributed by atoms with E-state index in [0.29, 0.717) is 41.8 Å². The second-order valence-electron chi connectivity index (χ2n) is 12.5. The number of carbonyl (C=O) groups is 1. The van der Waals surface area contributed by atoms with E-state index < -0.39 is 0 Å². The molecular weight excluding hydrogens is 509 g/mol. The standard InChI is InChI=1S/C28H45N5O2.2ClH/c1-31-7-9-32(10-8-31)11-12-33-28(35-19-20-5-3-2-4-6-20)25(18-29-33)27(34)30-26-23-14-21-13-22(16-23)17-24(26)15-21;;/h18,20-24,26H,2-17,19H2,1H3,(H,30,34);2*1H. The van der Waals surface area contributed by atoms with Gasteiger partial charge in [0.05, 0.1) is 19.3 Å². The molecule has 0 unspecified atom stereocenters. The summed E-state index contributed by atoms with van der Waals surface area (Å²) in [6, 6.07) is 0.343. The van der Waals surface area contributed by atoms with Gasteiger partial charge in [0.25, 0.3) is 5.91 Å². The van der Waals surface area contributed by atoms with Gasteiger partial charge in [0.2, 0.25) is 5.88 Å². The van der Waals surface area contributed by atoms with Gasteiger partial charge >= 0.3 is 0 Å². The number of halogens is 2. The molecular formula is C28H47Cl2N5O2. The van der Waals surface area contributed by atoms with E-state index in [9.17, 15) is 4.79 Å². The lowest BCUT2D eigenvalue weighted by molar-refractivity contribution is -0.0120. The van der Waals surface area contributed by atoms with Crippen LogP contribution in [0.25, 0.3) is 0 Å². The Morgan fingerprint density at radius 2 is 1.59 bits per heavy atom. The molecule has 5 saturated carbocycles. The fraction of sp³-hybridized carbons (Fsp3) is 0.857. The summed E-state index contributed by atoms with van der Waals surface area (Å²) < 4.78 is 8.41. The Morgan fingerprint density at radius 3 is 2.24 bits per heavy atom. The molecule has 1 amide bonds. The zero-order valence-corrected chi connectivity index (χ0v) is 24.1. The first kappa shape index (κ1) is 29.0. The number of hydrogen-bond acceptors (Lipinski definition) is 5. The highest BCUT2D eigenvalue weighted by Crippen LogP contribution is 2.53. The molecule has 0 spiro atoms. The quantitative estimate of drug-likeness (QED) is 0.512. The molecule has 0 atom stereocenters. The van der Waals surface area contributed by atoms with Crippen molar-refractivity contribution in [2.45, 2.75) is 76.8 Å². The first-order valence-corrected chi connectivity index (χ1v) is 14.5. The maximum absolute atomic E-state index is 13.6. The van der Waals surface area contributed by atoms with Crippen LogP contribution in [-0.4, -0.2) is 77.9 Å². The van der Waals surface area contributed by atoms with Gasteiger partial charge in [-0.25, -0.2) is 4.68 Å². The molecule has 2 heterocycles. The van der Waals surface area contributed by atoms with Crippen LogP contribution >= 0.6 is 24.8 Å². The Balaban J connectivity index is 0.00000160. The van der Waals surface area contributed by atoms with Crippen molar-refractivity contribution in [3.05, 3.63) is 11.8 Å². The summed E-state index contributed by atoms with van der Waals surface area (Å²) >= 11 is 0. The third-order valence-electron chi connectivity index (χ3n) is 9.96. The Morgan fingerprint density at radius 1 is 0.946 bits per heavy atom. The van der Waals surface area contributed by atoms with E-state index in [1.165, 1.54) is 64.2 Å². The first-order chi connectivity index (χ1) is 17.1. The fourth-order valence-corrected chi connectivity index (χ4v) is 8.09. The minimum atomic E-state index is 0. The van der Waals surface area contributed by atoms with E-state index in [4.69, 9.17) is 4.74 Å². The predicted molar refractivity (Wildman–Crippen MR) is 151 cm³/mol. The van der Waals surface area contributed by atoms with E-state index in [2.05, 4.69) is 27.3 Å². The summed E-state index contributed by atoms with van der Waals surface area (Å²) in [6.07, 6.45) is 14.9. The Labute approximate surface area is 235 Å². The minimum Gasteiger partial charge on any atom is -0.477 e. The summed E-state index contributed by atoms with van der Waals surface area (Å²) in [5.74, 6) is 4.51. The van der Waals surface area contributed by atoms with Crippen LogP contribution in [0.1, 0.15) is 74.6 Å². The average Bonchev–Trinajstić information content (AvgIpc) is 3.27. The molecule has 1 aromatic rings. The van der Waals surface area contributed by atoms with Crippen molar-refractivity contribution in [1.82, 2.24) is 24.9 Å². The zero-order chi connectivity index (χ0) is 23.8. The normalized spacial score (nSPS) is 32.0. The van der Waals surface area contributed by atoms with Gasteiger partial charge in [-0.3, -0.25) is 9.69 Å². The van der Waals surface area contributed by atoms with Crippen LogP contribution in [0.4, 0.5) is 0 Å². The van der Waals surface area contributed by atoms with Gasteiger partial charge in [-0.15, -0.1) is 24.8 Å². The van der Waals surface area contributed by atoms with E-state index >= 15 is 0 Å². The molecule has 4 bridgehead atoms.